The van der Waals surface area contributed by atoms with Crippen molar-refractivity contribution in [3.63, 3.8) is 0 Å². The van der Waals surface area contributed by atoms with Gasteiger partial charge in [0, 0.05) is 17.7 Å². The topological polar surface area (TPSA) is 113 Å². The second kappa shape index (κ2) is 7.86. The second-order valence-corrected chi connectivity index (χ2v) is 5.15. The van der Waals surface area contributed by atoms with Crippen LogP contribution in [0.15, 0.2) is 42.5 Å². The Bertz CT molecular complexity index is 826. The molecule has 0 atom stereocenters. The third kappa shape index (κ3) is 4.99. The van der Waals surface area contributed by atoms with E-state index in [0.29, 0.717) is 0 Å². The minimum Gasteiger partial charge on any atom is -0.374 e. The quantitative estimate of drug-likeness (QED) is 0.565. The number of anilines is 1. The van der Waals surface area contributed by atoms with Crippen LogP contribution in [0.2, 0.25) is 0 Å². The van der Waals surface area contributed by atoms with E-state index in [2.05, 4.69) is 16.2 Å². The summed E-state index contributed by atoms with van der Waals surface area (Å²) >= 11 is 0. The van der Waals surface area contributed by atoms with Crippen molar-refractivity contribution in [2.75, 3.05) is 11.9 Å². The molecule has 0 unspecified atom stereocenters. The number of aryl methyl sites for hydroxylation is 1. The monoisotopic (exact) mass is 346 g/mol. The van der Waals surface area contributed by atoms with Gasteiger partial charge >= 0.3 is 0 Å². The van der Waals surface area contributed by atoms with Gasteiger partial charge in [0.2, 0.25) is 0 Å². The number of nitro groups is 1. The second-order valence-electron chi connectivity index (χ2n) is 5.15. The Balaban J connectivity index is 1.86. The number of nitro benzene ring substituents is 1. The van der Waals surface area contributed by atoms with Crippen molar-refractivity contribution in [1.29, 1.82) is 0 Å². The van der Waals surface area contributed by atoms with E-state index in [9.17, 15) is 24.1 Å². The van der Waals surface area contributed by atoms with E-state index in [1.807, 2.05) is 0 Å². The normalized spacial score (nSPS) is 10.0. The molecule has 2 amide bonds. The number of hydrazine groups is 1. The van der Waals surface area contributed by atoms with Crippen LogP contribution in [-0.2, 0) is 4.79 Å². The predicted molar refractivity (Wildman–Crippen MR) is 88.3 cm³/mol. The molecule has 0 aliphatic carbocycles. The van der Waals surface area contributed by atoms with Gasteiger partial charge in [0.25, 0.3) is 17.5 Å². The number of amides is 2. The van der Waals surface area contributed by atoms with Gasteiger partial charge in [-0.25, -0.2) is 4.39 Å². The Kier molecular flexibility index (Phi) is 5.62. The lowest BCUT2D eigenvalue weighted by molar-refractivity contribution is -0.384. The zero-order valence-electron chi connectivity index (χ0n) is 13.2. The summed E-state index contributed by atoms with van der Waals surface area (Å²) in [5.41, 5.74) is 4.95. The van der Waals surface area contributed by atoms with Gasteiger partial charge in [-0.2, -0.15) is 0 Å². The van der Waals surface area contributed by atoms with Crippen LogP contribution in [0.25, 0.3) is 0 Å². The molecule has 0 spiro atoms. The minimum atomic E-state index is -0.710. The van der Waals surface area contributed by atoms with E-state index < -0.39 is 22.6 Å². The number of nitrogens with one attached hydrogen (secondary N) is 3. The first-order valence-corrected chi connectivity index (χ1v) is 7.20. The average molecular weight is 346 g/mol. The summed E-state index contributed by atoms with van der Waals surface area (Å²) in [5.74, 6) is -1.81. The Morgan fingerprint density at radius 1 is 1.16 bits per heavy atom. The Hall–Kier alpha value is -3.49. The van der Waals surface area contributed by atoms with Crippen LogP contribution in [0.4, 0.5) is 15.8 Å². The molecule has 0 saturated heterocycles. The smallest absolute Gasteiger partial charge is 0.270 e. The van der Waals surface area contributed by atoms with Gasteiger partial charge in [0.1, 0.15) is 5.82 Å². The van der Waals surface area contributed by atoms with Crippen LogP contribution in [0.3, 0.4) is 0 Å². The van der Waals surface area contributed by atoms with Crippen molar-refractivity contribution in [1.82, 2.24) is 10.9 Å². The third-order valence-electron chi connectivity index (χ3n) is 3.20. The molecule has 9 heteroatoms. The summed E-state index contributed by atoms with van der Waals surface area (Å²) in [6.45, 7) is 1.47. The molecule has 2 aromatic carbocycles. The molecule has 0 fully saturated rings. The van der Waals surface area contributed by atoms with Crippen LogP contribution >= 0.6 is 0 Å². The van der Waals surface area contributed by atoms with E-state index in [1.54, 1.807) is 13.0 Å². The molecule has 0 saturated carbocycles. The van der Waals surface area contributed by atoms with Crippen LogP contribution in [-0.4, -0.2) is 23.3 Å². The van der Waals surface area contributed by atoms with E-state index in [4.69, 9.17) is 0 Å². The molecule has 0 heterocycles. The van der Waals surface area contributed by atoms with E-state index in [0.717, 1.165) is 11.6 Å². The first-order chi connectivity index (χ1) is 11.9. The molecule has 0 aromatic heterocycles. The molecule has 3 N–H and O–H groups in total. The van der Waals surface area contributed by atoms with Crippen molar-refractivity contribution < 1.29 is 18.9 Å². The van der Waals surface area contributed by atoms with Crippen molar-refractivity contribution in [3.05, 3.63) is 69.5 Å². The molecule has 130 valence electrons. The lowest BCUT2D eigenvalue weighted by Gasteiger charge is -2.10. The van der Waals surface area contributed by atoms with Crippen molar-refractivity contribution in [2.24, 2.45) is 0 Å². The highest BCUT2D eigenvalue weighted by Gasteiger charge is 2.12. The number of nitrogens with zero attached hydrogens (tertiary/aromatic N) is 1. The van der Waals surface area contributed by atoms with Crippen molar-refractivity contribution >= 4 is 23.2 Å². The van der Waals surface area contributed by atoms with E-state index >= 15 is 0 Å². The molecule has 0 aliphatic rings. The summed E-state index contributed by atoms with van der Waals surface area (Å²) < 4.78 is 13.6. The molecule has 25 heavy (non-hydrogen) atoms. The Morgan fingerprint density at radius 2 is 1.92 bits per heavy atom. The number of carbonyl (C=O) groups excluding carboxylic acids is 2. The first kappa shape index (κ1) is 17.9. The largest absolute Gasteiger partial charge is 0.374 e. The first-order valence-electron chi connectivity index (χ1n) is 7.20. The fourth-order valence-electron chi connectivity index (χ4n) is 1.94. The number of non-ortho nitro benzene ring substituents is 1. The van der Waals surface area contributed by atoms with Crippen LogP contribution in [0.1, 0.15) is 15.9 Å². The number of benzene rings is 2. The van der Waals surface area contributed by atoms with Gasteiger partial charge in [0.15, 0.2) is 0 Å². The number of rotatable bonds is 5. The van der Waals surface area contributed by atoms with Crippen LogP contribution < -0.4 is 16.2 Å². The third-order valence-corrected chi connectivity index (χ3v) is 3.20. The van der Waals surface area contributed by atoms with Crippen LogP contribution in [0, 0.1) is 22.9 Å². The highest BCUT2D eigenvalue weighted by Crippen LogP contribution is 2.15. The molecule has 0 bridgehead atoms. The Labute approximate surface area is 142 Å². The van der Waals surface area contributed by atoms with Gasteiger partial charge in [-0.1, -0.05) is 12.1 Å². The molecular formula is C16H15FN4O4. The lowest BCUT2D eigenvalue weighted by atomic mass is 10.2. The summed E-state index contributed by atoms with van der Waals surface area (Å²) in [4.78, 5) is 33.6. The highest BCUT2D eigenvalue weighted by atomic mass is 19.1. The van der Waals surface area contributed by atoms with E-state index in [-0.39, 0.29) is 23.5 Å². The maximum atomic E-state index is 13.6. The standard InChI is InChI=1S/C16H15FN4O4/c1-10-5-6-14(13(17)7-10)18-9-15(22)19-20-16(23)11-3-2-4-12(8-11)21(24)25/h2-8,18H,9H2,1H3,(H,19,22)(H,20,23). The molecule has 2 rings (SSSR count). The predicted octanol–water partition coefficient (Wildman–Crippen LogP) is 1.92. The van der Waals surface area contributed by atoms with Crippen molar-refractivity contribution in [2.45, 2.75) is 6.92 Å². The maximum Gasteiger partial charge on any atom is 0.270 e. The molecule has 0 aliphatic heterocycles. The number of hydrogen-bond acceptors (Lipinski definition) is 5. The van der Waals surface area contributed by atoms with Gasteiger partial charge in [-0.15, -0.1) is 0 Å². The zero-order valence-corrected chi connectivity index (χ0v) is 13.2. The summed E-state index contributed by atoms with van der Waals surface area (Å²) in [5, 5.41) is 13.3. The zero-order chi connectivity index (χ0) is 18.4. The summed E-state index contributed by atoms with van der Waals surface area (Å²) in [7, 11) is 0. The molecule has 0 radical (unpaired) electrons. The maximum absolute atomic E-state index is 13.6. The molecule has 2 aromatic rings. The number of hydrogen-bond donors (Lipinski definition) is 3. The number of halogens is 1. The minimum absolute atomic E-state index is 0.0204. The SMILES string of the molecule is Cc1ccc(NCC(=O)NNC(=O)c2cccc([N+](=O)[O-])c2)c(F)c1. The van der Waals surface area contributed by atoms with Crippen LogP contribution in [0.5, 0.6) is 0 Å². The van der Waals surface area contributed by atoms with Crippen molar-refractivity contribution in [3.8, 4) is 0 Å². The van der Waals surface area contributed by atoms with Gasteiger partial charge in [-0.3, -0.25) is 30.6 Å². The Morgan fingerprint density at radius 3 is 2.60 bits per heavy atom. The fourth-order valence-corrected chi connectivity index (χ4v) is 1.94. The lowest BCUT2D eigenvalue weighted by Crippen LogP contribution is -2.44. The molecule has 8 nitrogen and oxygen atoms in total. The highest BCUT2D eigenvalue weighted by molar-refractivity contribution is 5.96. The van der Waals surface area contributed by atoms with Gasteiger partial charge in [-0.05, 0) is 30.7 Å². The van der Waals surface area contributed by atoms with Gasteiger partial charge in [0.05, 0.1) is 17.2 Å². The fraction of sp³-hybridized carbons (Fsp3) is 0.125. The summed E-state index contributed by atoms with van der Waals surface area (Å²) in [6.07, 6.45) is 0. The number of carbonyl (C=O) groups is 2. The average Bonchev–Trinajstić information content (AvgIpc) is 2.59. The van der Waals surface area contributed by atoms with E-state index in [1.165, 1.54) is 30.3 Å². The van der Waals surface area contributed by atoms with Gasteiger partial charge < -0.3 is 5.32 Å². The molecular weight excluding hydrogens is 331 g/mol. The summed E-state index contributed by atoms with van der Waals surface area (Å²) in [6, 6.07) is 9.57.